The maximum absolute atomic E-state index is 12.2. The zero-order valence-corrected chi connectivity index (χ0v) is 16.7. The van der Waals surface area contributed by atoms with Crippen LogP contribution in [-0.2, 0) is 10.0 Å². The van der Waals surface area contributed by atoms with Crippen LogP contribution in [0, 0.1) is 0 Å². The van der Waals surface area contributed by atoms with E-state index in [0.29, 0.717) is 17.1 Å². The minimum Gasteiger partial charge on any atom is -0.493 e. The Morgan fingerprint density at radius 2 is 1.81 bits per heavy atom. The second-order valence-corrected chi connectivity index (χ2v) is 7.98. The number of nitrogens with zero attached hydrogens (tertiary/aromatic N) is 1. The van der Waals surface area contributed by atoms with Gasteiger partial charge in [-0.05, 0) is 55.8 Å². The van der Waals surface area contributed by atoms with Crippen molar-refractivity contribution in [1.82, 2.24) is 4.83 Å². The molecule has 0 saturated carbocycles. The Balaban J connectivity index is 2.15. The summed E-state index contributed by atoms with van der Waals surface area (Å²) in [6, 6.07) is 9.15. The van der Waals surface area contributed by atoms with E-state index >= 15 is 0 Å². The van der Waals surface area contributed by atoms with Crippen molar-refractivity contribution in [1.29, 1.82) is 0 Å². The first kappa shape index (κ1) is 20.4. The van der Waals surface area contributed by atoms with Gasteiger partial charge in [-0.25, -0.2) is 4.83 Å². The van der Waals surface area contributed by atoms with Gasteiger partial charge < -0.3 is 9.47 Å². The third kappa shape index (κ3) is 5.27. The summed E-state index contributed by atoms with van der Waals surface area (Å²) in [4.78, 5) is 2.08. The molecule has 0 heterocycles. The smallest absolute Gasteiger partial charge is 0.276 e. The zero-order valence-electron chi connectivity index (χ0n) is 14.4. The van der Waals surface area contributed by atoms with Gasteiger partial charge in [0.15, 0.2) is 11.5 Å². The van der Waals surface area contributed by atoms with Crippen molar-refractivity contribution in [3.8, 4) is 11.5 Å². The third-order valence-electron chi connectivity index (χ3n) is 3.14. The first-order valence-electron chi connectivity index (χ1n) is 7.57. The van der Waals surface area contributed by atoms with Gasteiger partial charge in [-0.15, -0.1) is 0 Å². The average molecular weight is 417 g/mol. The summed E-state index contributed by atoms with van der Waals surface area (Å²) in [6.07, 6.45) is 1.36. The predicted octanol–water partition coefficient (Wildman–Crippen LogP) is 4.10. The van der Waals surface area contributed by atoms with E-state index < -0.39 is 10.0 Å². The Kier molecular flexibility index (Phi) is 6.75. The van der Waals surface area contributed by atoms with Crippen molar-refractivity contribution in [3.63, 3.8) is 0 Å². The molecule has 0 aromatic heterocycles. The maximum Gasteiger partial charge on any atom is 0.276 e. The lowest BCUT2D eigenvalue weighted by Crippen LogP contribution is -2.18. The van der Waals surface area contributed by atoms with Crippen LogP contribution in [0.25, 0.3) is 0 Å². The summed E-state index contributed by atoms with van der Waals surface area (Å²) in [6.45, 7) is 3.82. The number of hydrogen-bond donors (Lipinski definition) is 1. The molecular weight excluding hydrogens is 399 g/mol. The van der Waals surface area contributed by atoms with Gasteiger partial charge in [0.2, 0.25) is 0 Å². The molecular formula is C17H18Cl2N2O4S. The van der Waals surface area contributed by atoms with Crippen LogP contribution in [0.1, 0.15) is 19.4 Å². The number of methoxy groups -OCH3 is 1. The molecule has 0 aliphatic heterocycles. The fraction of sp³-hybridized carbons (Fsp3) is 0.235. The number of nitrogens with one attached hydrogen (secondary N) is 1. The first-order chi connectivity index (χ1) is 12.2. The van der Waals surface area contributed by atoms with Crippen molar-refractivity contribution < 1.29 is 17.9 Å². The van der Waals surface area contributed by atoms with Crippen molar-refractivity contribution in [2.75, 3.05) is 7.11 Å². The van der Waals surface area contributed by atoms with E-state index in [-0.39, 0.29) is 21.0 Å². The van der Waals surface area contributed by atoms with Crippen LogP contribution in [0.5, 0.6) is 11.5 Å². The van der Waals surface area contributed by atoms with Gasteiger partial charge in [0, 0.05) is 0 Å². The second kappa shape index (κ2) is 8.62. The standard InChI is InChI=1S/C17H18Cl2N2O4S/c1-11(2)25-16-7-4-12(8-17(16)24-3)10-20-21-26(22,23)13-5-6-14(18)15(19)9-13/h4-11,21H,1-3H3/b20-10+. The molecule has 0 atom stereocenters. The maximum atomic E-state index is 12.2. The SMILES string of the molecule is COc1cc(/C=N/NS(=O)(=O)c2ccc(Cl)c(Cl)c2)ccc1OC(C)C. The highest BCUT2D eigenvalue weighted by Crippen LogP contribution is 2.28. The van der Waals surface area contributed by atoms with Crippen LogP contribution in [0.4, 0.5) is 0 Å². The van der Waals surface area contributed by atoms with Crippen molar-refractivity contribution >= 4 is 39.4 Å². The molecule has 1 N–H and O–H groups in total. The lowest BCUT2D eigenvalue weighted by atomic mass is 10.2. The molecule has 0 fully saturated rings. The number of sulfonamides is 1. The predicted molar refractivity (Wildman–Crippen MR) is 103 cm³/mol. The van der Waals surface area contributed by atoms with Crippen LogP contribution >= 0.6 is 23.2 Å². The molecule has 26 heavy (non-hydrogen) atoms. The summed E-state index contributed by atoms with van der Waals surface area (Å²) in [5, 5.41) is 4.18. The van der Waals surface area contributed by atoms with Crippen molar-refractivity contribution in [3.05, 3.63) is 52.0 Å². The molecule has 0 bridgehead atoms. The molecule has 0 saturated heterocycles. The summed E-state index contributed by atoms with van der Waals surface area (Å²) < 4.78 is 35.3. The number of rotatable bonds is 7. The fourth-order valence-electron chi connectivity index (χ4n) is 1.98. The van der Waals surface area contributed by atoms with E-state index in [1.807, 2.05) is 13.8 Å². The molecule has 0 amide bonds. The van der Waals surface area contributed by atoms with Gasteiger partial charge in [0.25, 0.3) is 10.0 Å². The summed E-state index contributed by atoms with van der Waals surface area (Å²) in [5.41, 5.74) is 0.634. The van der Waals surface area contributed by atoms with Crippen molar-refractivity contribution in [2.45, 2.75) is 24.8 Å². The lowest BCUT2D eigenvalue weighted by Gasteiger charge is -2.13. The monoisotopic (exact) mass is 416 g/mol. The molecule has 0 radical (unpaired) electrons. The molecule has 2 aromatic rings. The van der Waals surface area contributed by atoms with Gasteiger partial charge in [-0.2, -0.15) is 13.5 Å². The average Bonchev–Trinajstić information content (AvgIpc) is 2.57. The molecule has 140 valence electrons. The lowest BCUT2D eigenvalue weighted by molar-refractivity contribution is 0.230. The largest absolute Gasteiger partial charge is 0.493 e. The first-order valence-corrected chi connectivity index (χ1v) is 9.81. The van der Waals surface area contributed by atoms with E-state index in [2.05, 4.69) is 9.93 Å². The Hall–Kier alpha value is -1.96. The Morgan fingerprint density at radius 1 is 1.08 bits per heavy atom. The van der Waals surface area contributed by atoms with Crippen LogP contribution in [0.3, 0.4) is 0 Å². The van der Waals surface area contributed by atoms with E-state index in [1.165, 1.54) is 31.5 Å². The van der Waals surface area contributed by atoms with Crippen LogP contribution in [0.2, 0.25) is 10.0 Å². The Morgan fingerprint density at radius 3 is 2.42 bits per heavy atom. The highest BCUT2D eigenvalue weighted by molar-refractivity contribution is 7.89. The molecule has 0 spiro atoms. The molecule has 6 nitrogen and oxygen atoms in total. The number of benzene rings is 2. The zero-order chi connectivity index (χ0) is 19.3. The van der Waals surface area contributed by atoms with Gasteiger partial charge in [0.05, 0.1) is 34.4 Å². The molecule has 0 unspecified atom stereocenters. The van der Waals surface area contributed by atoms with Gasteiger partial charge >= 0.3 is 0 Å². The normalized spacial score (nSPS) is 11.8. The highest BCUT2D eigenvalue weighted by atomic mass is 35.5. The second-order valence-electron chi connectivity index (χ2n) is 5.51. The Bertz CT molecular complexity index is 915. The van der Waals surface area contributed by atoms with E-state index in [9.17, 15) is 8.42 Å². The fourth-order valence-corrected chi connectivity index (χ4v) is 3.16. The number of hydrogen-bond acceptors (Lipinski definition) is 5. The van der Waals surface area contributed by atoms with Crippen LogP contribution in [0.15, 0.2) is 46.4 Å². The van der Waals surface area contributed by atoms with Crippen molar-refractivity contribution in [2.24, 2.45) is 5.10 Å². The minimum atomic E-state index is -3.86. The molecule has 2 aromatic carbocycles. The van der Waals surface area contributed by atoms with Gasteiger partial charge in [-0.3, -0.25) is 0 Å². The number of halogens is 2. The van der Waals surface area contributed by atoms with E-state index in [4.69, 9.17) is 32.7 Å². The van der Waals surface area contributed by atoms with Gasteiger partial charge in [0.1, 0.15) is 0 Å². The summed E-state index contributed by atoms with van der Waals surface area (Å²) in [7, 11) is -2.33. The number of hydrazone groups is 1. The number of ether oxygens (including phenoxy) is 2. The van der Waals surface area contributed by atoms with E-state index in [1.54, 1.807) is 18.2 Å². The summed E-state index contributed by atoms with van der Waals surface area (Å²) >= 11 is 11.6. The topological polar surface area (TPSA) is 77.0 Å². The third-order valence-corrected chi connectivity index (χ3v) is 5.10. The molecule has 0 aliphatic carbocycles. The Labute approximate surface area is 162 Å². The highest BCUT2D eigenvalue weighted by Gasteiger charge is 2.14. The summed E-state index contributed by atoms with van der Waals surface area (Å²) in [5.74, 6) is 1.12. The van der Waals surface area contributed by atoms with Crippen LogP contribution < -0.4 is 14.3 Å². The van der Waals surface area contributed by atoms with Crippen LogP contribution in [-0.4, -0.2) is 27.8 Å². The molecule has 0 aliphatic rings. The van der Waals surface area contributed by atoms with E-state index in [0.717, 1.165) is 0 Å². The quantitative estimate of drug-likeness (QED) is 0.544. The molecule has 2 rings (SSSR count). The van der Waals surface area contributed by atoms with Gasteiger partial charge in [-0.1, -0.05) is 23.2 Å². The molecule has 9 heteroatoms. The minimum absolute atomic E-state index is 0.00132.